The van der Waals surface area contributed by atoms with Gasteiger partial charge in [-0.1, -0.05) is 0 Å². The van der Waals surface area contributed by atoms with Crippen LogP contribution in [-0.4, -0.2) is 35.2 Å². The van der Waals surface area contributed by atoms with Crippen molar-refractivity contribution >= 4 is 11.9 Å². The maximum atomic E-state index is 12.1. The predicted molar refractivity (Wildman–Crippen MR) is 73.9 cm³/mol. The normalized spacial score (nSPS) is 21.2. The van der Waals surface area contributed by atoms with Crippen LogP contribution in [0.5, 0.6) is 0 Å². The molecule has 5 heteroatoms. The molecule has 2 N–H and O–H groups in total. The second-order valence-electron chi connectivity index (χ2n) is 5.65. The molecule has 0 aliphatic carbocycles. The quantitative estimate of drug-likeness (QED) is 0.887. The summed E-state index contributed by atoms with van der Waals surface area (Å²) in [5.74, 6) is -1.17. The fourth-order valence-corrected chi connectivity index (χ4v) is 2.39. The lowest BCUT2D eigenvalue weighted by Crippen LogP contribution is -2.45. The number of amides is 1. The summed E-state index contributed by atoms with van der Waals surface area (Å²) in [6, 6.07) is 6.02. The molecule has 0 spiro atoms. The van der Waals surface area contributed by atoms with Gasteiger partial charge in [0.2, 0.25) is 0 Å². The van der Waals surface area contributed by atoms with Gasteiger partial charge in [-0.15, -0.1) is 0 Å². The first-order valence-electron chi connectivity index (χ1n) is 6.65. The smallest absolute Gasteiger partial charge is 0.335 e. The molecule has 0 radical (unpaired) electrons. The number of carboxylic acid groups (broad SMARTS) is 1. The average molecular weight is 277 g/mol. The van der Waals surface area contributed by atoms with Crippen LogP contribution in [0.4, 0.5) is 0 Å². The first-order valence-corrected chi connectivity index (χ1v) is 6.65. The highest BCUT2D eigenvalue weighted by molar-refractivity contribution is 5.96. The number of carboxylic acids is 1. The van der Waals surface area contributed by atoms with E-state index in [9.17, 15) is 9.59 Å². The van der Waals surface area contributed by atoms with Gasteiger partial charge in [-0.05, 0) is 51.0 Å². The van der Waals surface area contributed by atoms with Crippen LogP contribution >= 0.6 is 0 Å². The van der Waals surface area contributed by atoms with Crippen LogP contribution in [0.2, 0.25) is 0 Å². The van der Waals surface area contributed by atoms with Gasteiger partial charge in [-0.2, -0.15) is 0 Å². The number of nitrogens with one attached hydrogen (secondary N) is 1. The molecule has 20 heavy (non-hydrogen) atoms. The summed E-state index contributed by atoms with van der Waals surface area (Å²) in [7, 11) is 0. The summed E-state index contributed by atoms with van der Waals surface area (Å²) < 4.78 is 5.61. The Bertz CT molecular complexity index is 507. The number of hydrogen-bond donors (Lipinski definition) is 2. The second-order valence-corrected chi connectivity index (χ2v) is 5.65. The van der Waals surface area contributed by atoms with Crippen molar-refractivity contribution in [1.82, 2.24) is 5.32 Å². The molecule has 0 saturated carbocycles. The molecule has 0 aromatic heterocycles. The minimum atomic E-state index is -0.997. The lowest BCUT2D eigenvalue weighted by Gasteiger charge is -2.35. The van der Waals surface area contributed by atoms with Crippen LogP contribution in [0, 0.1) is 0 Å². The predicted octanol–water partition coefficient (Wildman–Crippen LogP) is 2.07. The lowest BCUT2D eigenvalue weighted by atomic mass is 9.93. The molecule has 0 bridgehead atoms. The van der Waals surface area contributed by atoms with Crippen molar-refractivity contribution in [2.45, 2.75) is 38.3 Å². The molecule has 2 rings (SSSR count). The largest absolute Gasteiger partial charge is 0.478 e. The molecule has 5 nitrogen and oxygen atoms in total. The molecule has 1 heterocycles. The zero-order valence-electron chi connectivity index (χ0n) is 11.7. The Morgan fingerprint density at radius 1 is 1.25 bits per heavy atom. The van der Waals surface area contributed by atoms with E-state index in [4.69, 9.17) is 9.84 Å². The van der Waals surface area contributed by atoms with Crippen LogP contribution in [0.1, 0.15) is 47.4 Å². The number of hydrogen-bond acceptors (Lipinski definition) is 3. The van der Waals surface area contributed by atoms with Crippen LogP contribution in [0.25, 0.3) is 0 Å². The summed E-state index contributed by atoms with van der Waals surface area (Å²) in [6.45, 7) is 4.65. The fourth-order valence-electron chi connectivity index (χ4n) is 2.39. The van der Waals surface area contributed by atoms with Gasteiger partial charge in [-0.3, -0.25) is 4.79 Å². The maximum absolute atomic E-state index is 12.1. The Morgan fingerprint density at radius 2 is 1.85 bits per heavy atom. The topological polar surface area (TPSA) is 75.6 Å². The van der Waals surface area contributed by atoms with E-state index in [1.807, 2.05) is 13.8 Å². The molecule has 1 unspecified atom stereocenters. The molecule has 1 aromatic rings. The zero-order valence-corrected chi connectivity index (χ0v) is 11.7. The van der Waals surface area contributed by atoms with Crippen molar-refractivity contribution in [3.05, 3.63) is 35.4 Å². The van der Waals surface area contributed by atoms with Gasteiger partial charge in [0.25, 0.3) is 5.91 Å². The summed E-state index contributed by atoms with van der Waals surface area (Å²) >= 11 is 0. The molecule has 1 aliphatic heterocycles. The van der Waals surface area contributed by atoms with E-state index in [1.165, 1.54) is 24.3 Å². The zero-order chi connectivity index (χ0) is 14.8. The maximum Gasteiger partial charge on any atom is 0.335 e. The van der Waals surface area contributed by atoms with Gasteiger partial charge in [-0.25, -0.2) is 4.79 Å². The average Bonchev–Trinajstić information content (AvgIpc) is 2.37. The summed E-state index contributed by atoms with van der Waals surface area (Å²) in [6.07, 6.45) is 1.56. The molecule has 108 valence electrons. The number of rotatable bonds is 3. The van der Waals surface area contributed by atoms with Crippen molar-refractivity contribution in [3.63, 3.8) is 0 Å². The molecule has 1 aliphatic rings. The van der Waals surface area contributed by atoms with Crippen LogP contribution in [-0.2, 0) is 4.74 Å². The van der Waals surface area contributed by atoms with Crippen LogP contribution < -0.4 is 5.32 Å². The van der Waals surface area contributed by atoms with Crippen LogP contribution in [0.3, 0.4) is 0 Å². The van der Waals surface area contributed by atoms with Crippen molar-refractivity contribution in [2.75, 3.05) is 6.61 Å². The summed E-state index contributed by atoms with van der Waals surface area (Å²) in [5.41, 5.74) is 0.427. The van der Waals surface area contributed by atoms with E-state index < -0.39 is 5.97 Å². The van der Waals surface area contributed by atoms with Gasteiger partial charge >= 0.3 is 5.97 Å². The van der Waals surface area contributed by atoms with Gasteiger partial charge in [0, 0.05) is 18.2 Å². The van der Waals surface area contributed by atoms with E-state index >= 15 is 0 Å². The van der Waals surface area contributed by atoms with Crippen molar-refractivity contribution < 1.29 is 19.4 Å². The van der Waals surface area contributed by atoms with E-state index in [1.54, 1.807) is 0 Å². The third-order valence-corrected chi connectivity index (χ3v) is 3.43. The Morgan fingerprint density at radius 3 is 2.40 bits per heavy atom. The van der Waals surface area contributed by atoms with Crippen LogP contribution in [0.15, 0.2) is 24.3 Å². The monoisotopic (exact) mass is 277 g/mol. The Labute approximate surface area is 117 Å². The highest BCUT2D eigenvalue weighted by atomic mass is 16.5. The summed E-state index contributed by atoms with van der Waals surface area (Å²) in [4.78, 5) is 22.9. The minimum Gasteiger partial charge on any atom is -0.478 e. The first kappa shape index (κ1) is 14.5. The van der Waals surface area contributed by atoms with E-state index in [2.05, 4.69) is 5.32 Å². The molecular formula is C15H19NO4. The number of ether oxygens (including phenoxy) is 1. The molecule has 1 saturated heterocycles. The second kappa shape index (κ2) is 5.63. The standard InChI is InChI=1S/C15H19NO4/c1-15(2)9-12(7-8-20-15)16-13(17)10-3-5-11(6-4-10)14(18)19/h3-6,12H,7-9H2,1-2H3,(H,16,17)(H,18,19). The van der Waals surface area contributed by atoms with Gasteiger partial charge in [0.1, 0.15) is 0 Å². The molecule has 1 aromatic carbocycles. The first-order chi connectivity index (χ1) is 9.37. The molecule has 1 atom stereocenters. The van der Waals surface area contributed by atoms with E-state index in [0.29, 0.717) is 12.2 Å². The SMILES string of the molecule is CC1(C)CC(NC(=O)c2ccc(C(=O)O)cc2)CCO1. The van der Waals surface area contributed by atoms with Gasteiger partial charge in [0.05, 0.1) is 11.2 Å². The van der Waals surface area contributed by atoms with E-state index in [0.717, 1.165) is 12.8 Å². The third-order valence-electron chi connectivity index (χ3n) is 3.43. The van der Waals surface area contributed by atoms with Crippen molar-refractivity contribution in [2.24, 2.45) is 0 Å². The number of benzene rings is 1. The highest BCUT2D eigenvalue weighted by Gasteiger charge is 2.29. The molecular weight excluding hydrogens is 258 g/mol. The van der Waals surface area contributed by atoms with E-state index in [-0.39, 0.29) is 23.1 Å². The Hall–Kier alpha value is -1.88. The van der Waals surface area contributed by atoms with Gasteiger partial charge in [0.15, 0.2) is 0 Å². The van der Waals surface area contributed by atoms with Gasteiger partial charge < -0.3 is 15.2 Å². The van der Waals surface area contributed by atoms with Crippen molar-refractivity contribution in [3.8, 4) is 0 Å². The summed E-state index contributed by atoms with van der Waals surface area (Å²) in [5, 5.41) is 11.8. The highest BCUT2D eigenvalue weighted by Crippen LogP contribution is 2.24. The fraction of sp³-hybridized carbons (Fsp3) is 0.467. The Kier molecular flexibility index (Phi) is 4.09. The number of carbonyl (C=O) groups excluding carboxylic acids is 1. The molecule has 1 amide bonds. The third kappa shape index (κ3) is 3.57. The minimum absolute atomic E-state index is 0.0883. The lowest BCUT2D eigenvalue weighted by molar-refractivity contribution is -0.0615. The number of aromatic carboxylic acids is 1. The van der Waals surface area contributed by atoms with Crippen molar-refractivity contribution in [1.29, 1.82) is 0 Å². The Balaban J connectivity index is 1.99. The molecule has 1 fully saturated rings. The number of carbonyl (C=O) groups is 2.